The van der Waals surface area contributed by atoms with Crippen molar-refractivity contribution in [2.24, 2.45) is 0 Å². The van der Waals surface area contributed by atoms with Gasteiger partial charge >= 0.3 is 0 Å². The minimum atomic E-state index is -0.561. The van der Waals surface area contributed by atoms with E-state index in [9.17, 15) is 9.18 Å². The van der Waals surface area contributed by atoms with Gasteiger partial charge in [0.2, 0.25) is 0 Å². The lowest BCUT2D eigenvalue weighted by molar-refractivity contribution is 0.102. The van der Waals surface area contributed by atoms with Gasteiger partial charge in [0, 0.05) is 16.5 Å². The quantitative estimate of drug-likeness (QED) is 0.831. The molecule has 1 aromatic carbocycles. The molecule has 1 aromatic heterocycles. The molecule has 0 fully saturated rings. The van der Waals surface area contributed by atoms with Crippen molar-refractivity contribution in [3.8, 4) is 0 Å². The first-order chi connectivity index (χ1) is 9.68. The van der Waals surface area contributed by atoms with Gasteiger partial charge in [0.1, 0.15) is 5.82 Å². The summed E-state index contributed by atoms with van der Waals surface area (Å²) in [5.74, 6) is -1.10. The number of benzene rings is 1. The van der Waals surface area contributed by atoms with Crippen molar-refractivity contribution in [2.75, 3.05) is 11.1 Å². The monoisotopic (exact) mass is 307 g/mol. The number of nitrogen functional groups attached to an aromatic ring is 1. The summed E-state index contributed by atoms with van der Waals surface area (Å²) in [6, 6.07) is 2.82. The SMILES string of the molecule is Cc1cc(N)cc(C(=O)Nc2nc(C(C)(C)C)cs2)c1F. The molecule has 0 spiro atoms. The number of thiazole rings is 1. The van der Waals surface area contributed by atoms with Crippen molar-refractivity contribution in [1.82, 2.24) is 4.98 Å². The standard InChI is InChI=1S/C15H18FN3OS/c1-8-5-9(17)6-10(12(8)16)13(20)19-14-18-11(7-21-14)15(2,3)4/h5-7H,17H2,1-4H3,(H,18,19,20). The zero-order valence-electron chi connectivity index (χ0n) is 12.5. The number of rotatable bonds is 2. The van der Waals surface area contributed by atoms with E-state index in [-0.39, 0.29) is 11.0 Å². The van der Waals surface area contributed by atoms with Crippen LogP contribution in [0.4, 0.5) is 15.2 Å². The Kier molecular flexibility index (Phi) is 4.00. The van der Waals surface area contributed by atoms with Crippen LogP contribution in [0.2, 0.25) is 0 Å². The maximum atomic E-state index is 14.0. The molecule has 1 heterocycles. The highest BCUT2D eigenvalue weighted by Gasteiger charge is 2.20. The topological polar surface area (TPSA) is 68.0 Å². The second-order valence-corrected chi connectivity index (χ2v) is 6.80. The number of aromatic nitrogens is 1. The molecular formula is C15H18FN3OS. The molecule has 0 bridgehead atoms. The Hall–Kier alpha value is -1.95. The van der Waals surface area contributed by atoms with Crippen molar-refractivity contribution < 1.29 is 9.18 Å². The maximum Gasteiger partial charge on any atom is 0.260 e. The van der Waals surface area contributed by atoms with Crippen molar-refractivity contribution in [3.05, 3.63) is 40.2 Å². The minimum absolute atomic E-state index is 0.0694. The fourth-order valence-electron chi connectivity index (χ4n) is 1.80. The van der Waals surface area contributed by atoms with Crippen LogP contribution in [0.3, 0.4) is 0 Å². The summed E-state index contributed by atoms with van der Waals surface area (Å²) in [5.41, 5.74) is 7.07. The average Bonchev–Trinajstić information content (AvgIpc) is 2.82. The molecule has 2 rings (SSSR count). The number of hydrogen-bond acceptors (Lipinski definition) is 4. The Morgan fingerprint density at radius 1 is 1.38 bits per heavy atom. The summed E-state index contributed by atoms with van der Waals surface area (Å²) >= 11 is 1.32. The van der Waals surface area contributed by atoms with Gasteiger partial charge in [0.25, 0.3) is 5.91 Å². The van der Waals surface area contributed by atoms with E-state index in [1.807, 2.05) is 26.2 Å². The first-order valence-electron chi connectivity index (χ1n) is 6.51. The third-order valence-corrected chi connectivity index (χ3v) is 3.77. The summed E-state index contributed by atoms with van der Waals surface area (Å²) in [4.78, 5) is 16.5. The number of aryl methyl sites for hydroxylation is 1. The Morgan fingerprint density at radius 2 is 2.05 bits per heavy atom. The normalized spacial score (nSPS) is 11.5. The fourth-order valence-corrected chi connectivity index (χ4v) is 2.73. The number of halogens is 1. The molecule has 0 radical (unpaired) electrons. The second-order valence-electron chi connectivity index (χ2n) is 5.94. The van der Waals surface area contributed by atoms with Crippen molar-refractivity contribution in [1.29, 1.82) is 0 Å². The number of carbonyl (C=O) groups is 1. The number of amides is 1. The molecular weight excluding hydrogens is 289 g/mol. The third-order valence-electron chi connectivity index (χ3n) is 3.01. The van der Waals surface area contributed by atoms with Crippen LogP contribution >= 0.6 is 11.3 Å². The molecule has 0 atom stereocenters. The van der Waals surface area contributed by atoms with E-state index in [2.05, 4.69) is 10.3 Å². The first-order valence-corrected chi connectivity index (χ1v) is 7.39. The molecule has 0 aliphatic carbocycles. The van der Waals surface area contributed by atoms with Gasteiger partial charge in [-0.05, 0) is 24.6 Å². The minimum Gasteiger partial charge on any atom is -0.399 e. The van der Waals surface area contributed by atoms with E-state index in [1.165, 1.54) is 23.5 Å². The summed E-state index contributed by atoms with van der Waals surface area (Å²) in [6.07, 6.45) is 0. The van der Waals surface area contributed by atoms with E-state index in [0.29, 0.717) is 16.4 Å². The highest BCUT2D eigenvalue weighted by atomic mass is 32.1. The lowest BCUT2D eigenvalue weighted by Crippen LogP contribution is -2.16. The van der Waals surface area contributed by atoms with Gasteiger partial charge < -0.3 is 5.73 Å². The van der Waals surface area contributed by atoms with Crippen LogP contribution in [0.25, 0.3) is 0 Å². The van der Waals surface area contributed by atoms with Crippen LogP contribution in [0.15, 0.2) is 17.5 Å². The molecule has 112 valence electrons. The van der Waals surface area contributed by atoms with E-state index in [1.54, 1.807) is 6.92 Å². The molecule has 6 heteroatoms. The van der Waals surface area contributed by atoms with Crippen LogP contribution in [0.1, 0.15) is 42.4 Å². The highest BCUT2D eigenvalue weighted by molar-refractivity contribution is 7.14. The third kappa shape index (κ3) is 3.39. The van der Waals surface area contributed by atoms with Crippen LogP contribution in [0, 0.1) is 12.7 Å². The lowest BCUT2D eigenvalue weighted by atomic mass is 9.93. The predicted molar refractivity (Wildman–Crippen MR) is 84.3 cm³/mol. The molecule has 4 nitrogen and oxygen atoms in total. The van der Waals surface area contributed by atoms with E-state index >= 15 is 0 Å². The Bertz CT molecular complexity index is 689. The Labute approximate surface area is 127 Å². The van der Waals surface area contributed by atoms with Crippen molar-refractivity contribution >= 4 is 28.1 Å². The zero-order chi connectivity index (χ0) is 15.8. The van der Waals surface area contributed by atoms with Gasteiger partial charge in [-0.3, -0.25) is 10.1 Å². The number of hydrogen-bond donors (Lipinski definition) is 2. The smallest absolute Gasteiger partial charge is 0.260 e. The molecule has 3 N–H and O–H groups in total. The summed E-state index contributed by atoms with van der Waals surface area (Å²) < 4.78 is 14.0. The number of anilines is 2. The summed E-state index contributed by atoms with van der Waals surface area (Å²) in [7, 11) is 0. The molecule has 0 aliphatic heterocycles. The molecule has 1 amide bonds. The van der Waals surface area contributed by atoms with Gasteiger partial charge in [0.05, 0.1) is 11.3 Å². The largest absolute Gasteiger partial charge is 0.399 e. The lowest BCUT2D eigenvalue weighted by Gasteiger charge is -2.14. The molecule has 21 heavy (non-hydrogen) atoms. The fraction of sp³-hybridized carbons (Fsp3) is 0.333. The van der Waals surface area contributed by atoms with Gasteiger partial charge in [0.15, 0.2) is 5.13 Å². The Balaban J connectivity index is 2.25. The first kappa shape index (κ1) is 15.4. The van der Waals surface area contributed by atoms with Crippen molar-refractivity contribution in [3.63, 3.8) is 0 Å². The molecule has 0 saturated carbocycles. The predicted octanol–water partition coefficient (Wildman–Crippen LogP) is 3.72. The van der Waals surface area contributed by atoms with Crippen molar-refractivity contribution in [2.45, 2.75) is 33.1 Å². The number of nitrogens with two attached hydrogens (primary N) is 1. The zero-order valence-corrected chi connectivity index (χ0v) is 13.3. The Morgan fingerprint density at radius 3 is 2.62 bits per heavy atom. The van der Waals surface area contributed by atoms with Crippen LogP contribution in [0.5, 0.6) is 0 Å². The van der Waals surface area contributed by atoms with Gasteiger partial charge in [-0.15, -0.1) is 11.3 Å². The van der Waals surface area contributed by atoms with Gasteiger partial charge in [-0.2, -0.15) is 0 Å². The highest BCUT2D eigenvalue weighted by Crippen LogP contribution is 2.27. The molecule has 0 unspecified atom stereocenters. The number of carbonyl (C=O) groups excluding carboxylic acids is 1. The van der Waals surface area contributed by atoms with E-state index < -0.39 is 11.7 Å². The van der Waals surface area contributed by atoms with Gasteiger partial charge in [-0.1, -0.05) is 20.8 Å². The second kappa shape index (κ2) is 5.44. The summed E-state index contributed by atoms with van der Waals surface area (Å²) in [6.45, 7) is 7.68. The number of nitrogens with zero attached hydrogens (tertiary/aromatic N) is 1. The van der Waals surface area contributed by atoms with Crippen LogP contribution in [-0.2, 0) is 5.41 Å². The molecule has 2 aromatic rings. The van der Waals surface area contributed by atoms with E-state index in [0.717, 1.165) is 5.69 Å². The van der Waals surface area contributed by atoms with Crippen LogP contribution < -0.4 is 11.1 Å². The number of nitrogens with one attached hydrogen (secondary N) is 1. The summed E-state index contributed by atoms with van der Waals surface area (Å²) in [5, 5.41) is 4.95. The van der Waals surface area contributed by atoms with E-state index in [4.69, 9.17) is 5.73 Å². The average molecular weight is 307 g/mol. The molecule has 0 saturated heterocycles. The molecule has 0 aliphatic rings. The maximum absolute atomic E-state index is 14.0. The van der Waals surface area contributed by atoms with Gasteiger partial charge in [-0.25, -0.2) is 9.37 Å². The van der Waals surface area contributed by atoms with Crippen LogP contribution in [-0.4, -0.2) is 10.9 Å².